The van der Waals surface area contributed by atoms with Crippen molar-refractivity contribution in [2.24, 2.45) is 9.98 Å². The van der Waals surface area contributed by atoms with Gasteiger partial charge in [-0.1, -0.05) is 6.92 Å². The normalized spacial score (nSPS) is 12.9. The Kier molecular flexibility index (Phi) is 9.81. The molecule has 0 N–H and O–H groups in total. The maximum atomic E-state index is 10.0. The number of ether oxygens (including phenoxy) is 1. The van der Waals surface area contributed by atoms with Crippen molar-refractivity contribution in [3.8, 4) is 0 Å². The van der Waals surface area contributed by atoms with Crippen molar-refractivity contribution < 1.29 is 9.53 Å². The molecule has 0 rings (SSSR count). The molecule has 0 unspecified atom stereocenters. The minimum Gasteiger partial charge on any atom is -0.381 e. The summed E-state index contributed by atoms with van der Waals surface area (Å²) in [4.78, 5) is 18.5. The molecule has 0 aromatic carbocycles. The summed E-state index contributed by atoms with van der Waals surface area (Å²) in [7, 11) is 3.59. The molecule has 92 valence electrons. The maximum Gasteiger partial charge on any atom is 0.122 e. The first kappa shape index (κ1) is 15.0. The number of hydrogen-bond donors (Lipinski definition) is 0. The Bertz CT molecular complexity index is 247. The monoisotopic (exact) mass is 226 g/mol. The van der Waals surface area contributed by atoms with E-state index in [-0.39, 0.29) is 0 Å². The van der Waals surface area contributed by atoms with Gasteiger partial charge in [-0.3, -0.25) is 9.98 Å². The molecule has 0 radical (unpaired) electrons. The second kappa shape index (κ2) is 10.5. The van der Waals surface area contributed by atoms with Crippen LogP contribution in [0.4, 0.5) is 0 Å². The van der Waals surface area contributed by atoms with Gasteiger partial charge in [0.15, 0.2) is 0 Å². The fourth-order valence-corrected chi connectivity index (χ4v) is 1.45. The van der Waals surface area contributed by atoms with Crippen molar-refractivity contribution in [3.63, 3.8) is 0 Å². The number of rotatable bonds is 9. The van der Waals surface area contributed by atoms with E-state index < -0.39 is 0 Å². The molecule has 0 atom stereocenters. The molecule has 4 heteroatoms. The molecular formula is C12H22N2O2. The molecule has 0 saturated carbocycles. The Morgan fingerprint density at radius 2 is 1.88 bits per heavy atom. The molecule has 0 aliphatic carbocycles. The summed E-state index contributed by atoms with van der Waals surface area (Å²) >= 11 is 0. The van der Waals surface area contributed by atoms with Crippen LogP contribution >= 0.6 is 0 Å². The molecule has 0 aliphatic rings. The van der Waals surface area contributed by atoms with E-state index in [0.717, 1.165) is 37.0 Å². The van der Waals surface area contributed by atoms with E-state index in [1.54, 1.807) is 14.1 Å². The standard InChI is InChI=1S/C12H22N2O2/c1-4-11(13-2)12(14-3)7-5-9-16-10-6-8-15/h8H,4-7,9-10H2,1-3H3. The zero-order valence-corrected chi connectivity index (χ0v) is 10.5. The van der Waals surface area contributed by atoms with Crippen molar-refractivity contribution in [2.45, 2.75) is 32.6 Å². The molecule has 0 saturated heterocycles. The van der Waals surface area contributed by atoms with Gasteiger partial charge >= 0.3 is 0 Å². The Morgan fingerprint density at radius 3 is 2.38 bits per heavy atom. The van der Waals surface area contributed by atoms with E-state index >= 15 is 0 Å². The molecule has 4 nitrogen and oxygen atoms in total. The number of aldehydes is 1. The molecule has 0 amide bonds. The summed E-state index contributed by atoms with van der Waals surface area (Å²) in [6.07, 6.45) is 4.07. The van der Waals surface area contributed by atoms with Gasteiger partial charge in [0.05, 0.1) is 18.0 Å². The van der Waals surface area contributed by atoms with Crippen LogP contribution in [0.25, 0.3) is 0 Å². The van der Waals surface area contributed by atoms with Gasteiger partial charge in [0, 0.05) is 27.1 Å². The van der Waals surface area contributed by atoms with Crippen molar-refractivity contribution in [1.82, 2.24) is 0 Å². The summed E-state index contributed by atoms with van der Waals surface area (Å²) in [5, 5.41) is 0. The van der Waals surface area contributed by atoms with E-state index in [9.17, 15) is 4.79 Å². The third-order valence-electron chi connectivity index (χ3n) is 2.29. The number of carbonyl (C=O) groups excluding carboxylic acids is 1. The van der Waals surface area contributed by atoms with Crippen LogP contribution in [0.1, 0.15) is 32.6 Å². The topological polar surface area (TPSA) is 51.0 Å². The highest BCUT2D eigenvalue weighted by molar-refractivity contribution is 6.42. The molecule has 0 spiro atoms. The van der Waals surface area contributed by atoms with Gasteiger partial charge in [-0.15, -0.1) is 0 Å². The summed E-state index contributed by atoms with van der Waals surface area (Å²) in [5.74, 6) is 0. The summed E-state index contributed by atoms with van der Waals surface area (Å²) < 4.78 is 5.29. The fourth-order valence-electron chi connectivity index (χ4n) is 1.45. The number of carbonyl (C=O) groups is 1. The zero-order valence-electron chi connectivity index (χ0n) is 10.5. The lowest BCUT2D eigenvalue weighted by Gasteiger charge is -2.07. The second-order valence-corrected chi connectivity index (χ2v) is 3.37. The smallest absolute Gasteiger partial charge is 0.122 e. The first-order chi connectivity index (χ1) is 7.79. The largest absolute Gasteiger partial charge is 0.381 e. The Balaban J connectivity index is 3.77. The van der Waals surface area contributed by atoms with Crippen molar-refractivity contribution in [2.75, 3.05) is 27.3 Å². The minimum absolute atomic E-state index is 0.478. The van der Waals surface area contributed by atoms with E-state index in [1.165, 1.54) is 0 Å². The number of aliphatic imine (C=N–C) groups is 2. The highest BCUT2D eigenvalue weighted by Crippen LogP contribution is 2.00. The molecule has 0 heterocycles. The van der Waals surface area contributed by atoms with Gasteiger partial charge in [-0.05, 0) is 19.3 Å². The predicted octanol–water partition coefficient (Wildman–Crippen LogP) is 1.92. The Morgan fingerprint density at radius 1 is 1.19 bits per heavy atom. The van der Waals surface area contributed by atoms with Gasteiger partial charge in [0.25, 0.3) is 0 Å². The molecule has 0 bridgehead atoms. The zero-order chi connectivity index (χ0) is 12.2. The van der Waals surface area contributed by atoms with Crippen LogP contribution in [0, 0.1) is 0 Å². The number of nitrogens with zero attached hydrogens (tertiary/aromatic N) is 2. The second-order valence-electron chi connectivity index (χ2n) is 3.37. The first-order valence-corrected chi connectivity index (χ1v) is 5.73. The van der Waals surface area contributed by atoms with E-state index in [0.29, 0.717) is 19.6 Å². The predicted molar refractivity (Wildman–Crippen MR) is 67.7 cm³/mol. The quantitative estimate of drug-likeness (QED) is 0.342. The third-order valence-corrected chi connectivity index (χ3v) is 2.29. The highest BCUT2D eigenvalue weighted by Gasteiger charge is 2.04. The molecule has 0 fully saturated rings. The SMILES string of the molecule is CCC(=NC)C(CCCOCCC=O)=NC. The first-order valence-electron chi connectivity index (χ1n) is 5.73. The van der Waals surface area contributed by atoms with Gasteiger partial charge < -0.3 is 9.53 Å². The molecule has 0 aromatic heterocycles. The van der Waals surface area contributed by atoms with Crippen LogP contribution in [-0.4, -0.2) is 45.0 Å². The van der Waals surface area contributed by atoms with Crippen LogP contribution in [0.3, 0.4) is 0 Å². The average molecular weight is 226 g/mol. The fraction of sp³-hybridized carbons (Fsp3) is 0.750. The lowest BCUT2D eigenvalue weighted by Crippen LogP contribution is -2.14. The van der Waals surface area contributed by atoms with E-state index in [2.05, 4.69) is 16.9 Å². The van der Waals surface area contributed by atoms with Crippen LogP contribution in [-0.2, 0) is 9.53 Å². The molecule has 16 heavy (non-hydrogen) atoms. The van der Waals surface area contributed by atoms with Gasteiger partial charge in [0.1, 0.15) is 6.29 Å². The molecule has 0 aromatic rings. The van der Waals surface area contributed by atoms with E-state index in [4.69, 9.17) is 4.74 Å². The average Bonchev–Trinajstić information content (AvgIpc) is 2.32. The van der Waals surface area contributed by atoms with E-state index in [1.807, 2.05) is 0 Å². The summed E-state index contributed by atoms with van der Waals surface area (Å²) in [5.41, 5.74) is 2.12. The van der Waals surface area contributed by atoms with Crippen LogP contribution in [0.15, 0.2) is 9.98 Å². The van der Waals surface area contributed by atoms with Crippen molar-refractivity contribution in [1.29, 1.82) is 0 Å². The lowest BCUT2D eigenvalue weighted by atomic mass is 10.1. The van der Waals surface area contributed by atoms with Crippen LogP contribution in [0.2, 0.25) is 0 Å². The minimum atomic E-state index is 0.478. The lowest BCUT2D eigenvalue weighted by molar-refractivity contribution is -0.108. The highest BCUT2D eigenvalue weighted by atomic mass is 16.5. The Labute approximate surface area is 97.8 Å². The van der Waals surface area contributed by atoms with Gasteiger partial charge in [-0.25, -0.2) is 0 Å². The number of hydrogen-bond acceptors (Lipinski definition) is 4. The van der Waals surface area contributed by atoms with Crippen molar-refractivity contribution >= 4 is 17.7 Å². The molecule has 0 aliphatic heterocycles. The van der Waals surface area contributed by atoms with Gasteiger partial charge in [-0.2, -0.15) is 0 Å². The summed E-state index contributed by atoms with van der Waals surface area (Å²) in [6.45, 7) is 3.27. The molecular weight excluding hydrogens is 204 g/mol. The van der Waals surface area contributed by atoms with Gasteiger partial charge in [0.2, 0.25) is 0 Å². The summed E-state index contributed by atoms with van der Waals surface area (Å²) in [6, 6.07) is 0. The van der Waals surface area contributed by atoms with Crippen LogP contribution < -0.4 is 0 Å². The van der Waals surface area contributed by atoms with Crippen molar-refractivity contribution in [3.05, 3.63) is 0 Å². The Hall–Kier alpha value is -1.03. The van der Waals surface area contributed by atoms with Crippen LogP contribution in [0.5, 0.6) is 0 Å². The maximum absolute atomic E-state index is 10.0. The third kappa shape index (κ3) is 6.45.